The second kappa shape index (κ2) is 8.86. The largest absolute Gasteiger partial charge is 0.481 e. The number of allylic oxidation sites excluding steroid dienone is 4. The lowest BCUT2D eigenvalue weighted by Crippen LogP contribution is -2.32. The number of hydrogen-bond donors (Lipinski definition) is 1. The molecule has 1 aromatic carbocycles. The molecule has 1 unspecified atom stereocenters. The number of unbranched alkanes of at least 4 members (excludes halogenated alkanes) is 1. The van der Waals surface area contributed by atoms with Crippen molar-refractivity contribution < 1.29 is 23.8 Å². The number of fused-ring (bicyclic) bond motifs is 1. The van der Waals surface area contributed by atoms with E-state index in [0.29, 0.717) is 29.7 Å². The van der Waals surface area contributed by atoms with Gasteiger partial charge in [0.2, 0.25) is 0 Å². The Hall–Kier alpha value is -3.24. The average molecular weight is 422 g/mol. The predicted molar refractivity (Wildman–Crippen MR) is 111 cm³/mol. The number of nitrogens with zero attached hydrogens (tertiary/aromatic N) is 2. The van der Waals surface area contributed by atoms with Crippen LogP contribution in [0.4, 0.5) is 4.39 Å². The highest BCUT2D eigenvalue weighted by atomic mass is 19.1. The fourth-order valence-corrected chi connectivity index (χ4v) is 4.00. The van der Waals surface area contributed by atoms with Crippen LogP contribution in [0.2, 0.25) is 0 Å². The number of Topliss-reactive ketones (excluding diaryl/α,β-unsaturated/α-hetero) is 1. The highest BCUT2D eigenvalue weighted by molar-refractivity contribution is 5.98. The van der Waals surface area contributed by atoms with Crippen molar-refractivity contribution in [1.29, 1.82) is 5.26 Å². The maximum atomic E-state index is 14.0. The summed E-state index contributed by atoms with van der Waals surface area (Å²) in [5, 5.41) is 18.7. The first-order valence-electron chi connectivity index (χ1n) is 10.5. The molecule has 160 valence electrons. The number of nitriles is 1. The van der Waals surface area contributed by atoms with Crippen molar-refractivity contribution in [2.45, 2.75) is 50.7 Å². The molecule has 1 atom stereocenters. The number of ether oxygens (including phenoxy) is 1. The van der Waals surface area contributed by atoms with Crippen LogP contribution in [-0.4, -0.2) is 40.5 Å². The minimum absolute atomic E-state index is 0.0605. The molecule has 2 aliphatic carbocycles. The molecular formula is C24H23FN2O4. The zero-order valence-corrected chi connectivity index (χ0v) is 17.0. The Labute approximate surface area is 179 Å². The SMILES string of the molecule is N#CC1=C(c2cccc(F)c2)C2=CC(OCCCCC(=O)O)C(=O)CC2=CN1C1CC1. The van der Waals surface area contributed by atoms with Crippen LogP contribution in [0.5, 0.6) is 0 Å². The van der Waals surface area contributed by atoms with Crippen LogP contribution < -0.4 is 0 Å². The van der Waals surface area contributed by atoms with Crippen LogP contribution in [0.3, 0.4) is 0 Å². The molecule has 1 N–H and O–H groups in total. The lowest BCUT2D eigenvalue weighted by atomic mass is 9.81. The highest BCUT2D eigenvalue weighted by Crippen LogP contribution is 2.44. The normalized spacial score (nSPS) is 20.7. The molecule has 4 rings (SSSR count). The van der Waals surface area contributed by atoms with E-state index >= 15 is 0 Å². The number of halogens is 1. The maximum Gasteiger partial charge on any atom is 0.303 e. The fraction of sp³-hybridized carbons (Fsp3) is 0.375. The zero-order chi connectivity index (χ0) is 22.0. The molecule has 1 heterocycles. The predicted octanol–water partition coefficient (Wildman–Crippen LogP) is 3.96. The number of carboxylic acids is 1. The van der Waals surface area contributed by atoms with E-state index in [1.54, 1.807) is 18.2 Å². The number of rotatable bonds is 8. The van der Waals surface area contributed by atoms with Gasteiger partial charge in [-0.2, -0.15) is 5.26 Å². The molecule has 0 amide bonds. The van der Waals surface area contributed by atoms with Gasteiger partial charge < -0.3 is 14.7 Å². The molecule has 0 radical (unpaired) electrons. The fourth-order valence-electron chi connectivity index (χ4n) is 4.00. The summed E-state index contributed by atoms with van der Waals surface area (Å²) in [7, 11) is 0. The standard InChI is InChI=1S/C24H23FN2O4/c25-17-5-3-4-15(10-17)24-19-12-22(31-9-2-1-6-23(29)30)21(28)11-16(19)14-27(18-7-8-18)20(24)13-26/h3-5,10,12,14,18,22H,1-2,6-9,11H2,(H,29,30). The van der Waals surface area contributed by atoms with E-state index in [-0.39, 0.29) is 31.3 Å². The Bertz CT molecular complexity index is 1050. The molecule has 1 saturated carbocycles. The van der Waals surface area contributed by atoms with Gasteiger partial charge in [-0.25, -0.2) is 4.39 Å². The van der Waals surface area contributed by atoms with Crippen LogP contribution in [0.25, 0.3) is 5.57 Å². The number of aliphatic carboxylic acids is 1. The van der Waals surface area contributed by atoms with Gasteiger partial charge in [0.25, 0.3) is 0 Å². The molecular weight excluding hydrogens is 399 g/mol. The molecule has 3 aliphatic rings. The molecule has 0 aromatic heterocycles. The van der Waals surface area contributed by atoms with Crippen molar-refractivity contribution in [2.24, 2.45) is 0 Å². The summed E-state index contributed by atoms with van der Waals surface area (Å²) in [4.78, 5) is 25.3. The van der Waals surface area contributed by atoms with Gasteiger partial charge in [0, 0.05) is 37.3 Å². The summed E-state index contributed by atoms with van der Waals surface area (Å²) in [6, 6.07) is 8.65. The van der Waals surface area contributed by atoms with Crippen LogP contribution in [0.1, 0.15) is 44.1 Å². The number of benzene rings is 1. The van der Waals surface area contributed by atoms with Gasteiger partial charge in [-0.05, 0) is 60.6 Å². The molecule has 1 aliphatic heterocycles. The third kappa shape index (κ3) is 4.59. The van der Waals surface area contributed by atoms with Gasteiger partial charge >= 0.3 is 5.97 Å². The summed E-state index contributed by atoms with van der Waals surface area (Å²) in [5.74, 6) is -1.33. The second-order valence-corrected chi connectivity index (χ2v) is 8.00. The zero-order valence-electron chi connectivity index (χ0n) is 17.0. The van der Waals surface area contributed by atoms with Crippen molar-refractivity contribution in [3.05, 3.63) is 64.8 Å². The van der Waals surface area contributed by atoms with Crippen molar-refractivity contribution in [2.75, 3.05) is 6.61 Å². The molecule has 6 nitrogen and oxygen atoms in total. The lowest BCUT2D eigenvalue weighted by molar-refractivity contribution is -0.137. The second-order valence-electron chi connectivity index (χ2n) is 8.00. The Morgan fingerprint density at radius 3 is 2.81 bits per heavy atom. The van der Waals surface area contributed by atoms with Crippen LogP contribution in [0.15, 0.2) is 53.4 Å². The first-order chi connectivity index (χ1) is 15.0. The van der Waals surface area contributed by atoms with Gasteiger partial charge in [-0.3, -0.25) is 9.59 Å². The average Bonchev–Trinajstić information content (AvgIpc) is 3.57. The molecule has 0 saturated heterocycles. The van der Waals surface area contributed by atoms with Gasteiger partial charge in [0.05, 0.1) is 0 Å². The summed E-state index contributed by atoms with van der Waals surface area (Å²) < 4.78 is 19.8. The number of hydrogen-bond acceptors (Lipinski definition) is 5. The van der Waals surface area contributed by atoms with Crippen molar-refractivity contribution in [3.8, 4) is 6.07 Å². The third-order valence-electron chi connectivity index (χ3n) is 5.65. The minimum Gasteiger partial charge on any atom is -0.481 e. The van der Waals surface area contributed by atoms with Gasteiger partial charge in [0.1, 0.15) is 23.7 Å². The van der Waals surface area contributed by atoms with Crippen molar-refractivity contribution >= 4 is 17.3 Å². The van der Waals surface area contributed by atoms with E-state index in [0.717, 1.165) is 24.0 Å². The van der Waals surface area contributed by atoms with Crippen LogP contribution in [-0.2, 0) is 14.3 Å². The number of carboxylic acid groups (broad SMARTS) is 1. The number of carbonyl (C=O) groups excluding carboxylic acids is 1. The van der Waals surface area contributed by atoms with Crippen LogP contribution in [0, 0.1) is 17.1 Å². The van der Waals surface area contributed by atoms with Crippen molar-refractivity contribution in [3.63, 3.8) is 0 Å². The number of ketones is 1. The van der Waals surface area contributed by atoms with E-state index in [2.05, 4.69) is 6.07 Å². The van der Waals surface area contributed by atoms with E-state index in [1.165, 1.54) is 12.1 Å². The van der Waals surface area contributed by atoms with E-state index in [1.807, 2.05) is 11.1 Å². The Morgan fingerprint density at radius 1 is 1.32 bits per heavy atom. The summed E-state index contributed by atoms with van der Waals surface area (Å²) >= 11 is 0. The Balaban J connectivity index is 1.66. The summed E-state index contributed by atoms with van der Waals surface area (Å²) in [6.45, 7) is 0.269. The Kier molecular flexibility index (Phi) is 6.01. The number of carbonyl (C=O) groups is 2. The van der Waals surface area contributed by atoms with Crippen LogP contribution >= 0.6 is 0 Å². The quantitative estimate of drug-likeness (QED) is 0.638. The smallest absolute Gasteiger partial charge is 0.303 e. The van der Waals surface area contributed by atoms with E-state index in [4.69, 9.17) is 9.84 Å². The molecule has 1 aromatic rings. The summed E-state index contributed by atoms with van der Waals surface area (Å²) in [5.41, 5.74) is 3.21. The first kappa shape index (κ1) is 21.0. The molecule has 31 heavy (non-hydrogen) atoms. The van der Waals surface area contributed by atoms with E-state index < -0.39 is 17.9 Å². The first-order valence-corrected chi connectivity index (χ1v) is 10.5. The minimum atomic E-state index is -0.859. The van der Waals surface area contributed by atoms with Crippen molar-refractivity contribution in [1.82, 2.24) is 4.90 Å². The molecule has 0 spiro atoms. The van der Waals surface area contributed by atoms with Gasteiger partial charge in [-0.15, -0.1) is 0 Å². The topological polar surface area (TPSA) is 90.6 Å². The maximum absolute atomic E-state index is 14.0. The third-order valence-corrected chi connectivity index (χ3v) is 5.65. The van der Waals surface area contributed by atoms with Gasteiger partial charge in [0.15, 0.2) is 5.78 Å². The molecule has 7 heteroatoms. The monoisotopic (exact) mass is 422 g/mol. The van der Waals surface area contributed by atoms with E-state index in [9.17, 15) is 19.2 Å². The summed E-state index contributed by atoms with van der Waals surface area (Å²) in [6.07, 6.45) is 6.02. The Morgan fingerprint density at radius 2 is 2.13 bits per heavy atom. The highest BCUT2D eigenvalue weighted by Gasteiger charge is 2.38. The lowest BCUT2D eigenvalue weighted by Gasteiger charge is -2.34. The molecule has 1 fully saturated rings. The van der Waals surface area contributed by atoms with Gasteiger partial charge in [-0.1, -0.05) is 12.1 Å². The molecule has 0 bridgehead atoms.